The normalized spacial score (nSPS) is 18.2. The Kier molecular flexibility index (Phi) is 19.5. The summed E-state index contributed by atoms with van der Waals surface area (Å²) >= 11 is 0. The van der Waals surface area contributed by atoms with E-state index in [-0.39, 0.29) is 18.0 Å². The van der Waals surface area contributed by atoms with Crippen molar-refractivity contribution in [2.75, 3.05) is 6.61 Å². The van der Waals surface area contributed by atoms with Crippen molar-refractivity contribution in [3.05, 3.63) is 0 Å². The number of hydrogen-bond acceptors (Lipinski definition) is 4. The third-order valence-corrected chi connectivity index (χ3v) is 7.09. The second kappa shape index (κ2) is 21.5. The van der Waals surface area contributed by atoms with Crippen LogP contribution in [0.4, 0.5) is 0 Å². The Labute approximate surface area is 205 Å². The van der Waals surface area contributed by atoms with E-state index >= 15 is 0 Å². The minimum Gasteiger partial charge on any atom is -0.466 e. The average molecular weight is 467 g/mol. The fourth-order valence-corrected chi connectivity index (χ4v) is 4.78. The standard InChI is InChI=1S/C29H54O4/c1-3-4-5-6-7-8-9-10-11-12-13-14-15-20-25-32-28(30)23-18-19-24-29(31)33-27-22-17-16-21-26(27)2/h26-27H,3-25H2,1-2H3. The molecule has 1 fully saturated rings. The van der Waals surface area contributed by atoms with Gasteiger partial charge in [-0.15, -0.1) is 0 Å². The number of carbonyl (C=O) groups excluding carboxylic acids is 2. The number of unbranched alkanes of at least 4 members (excludes halogenated alkanes) is 14. The summed E-state index contributed by atoms with van der Waals surface area (Å²) in [5, 5.41) is 0. The number of hydrogen-bond donors (Lipinski definition) is 0. The maximum absolute atomic E-state index is 12.0. The second-order valence-corrected chi connectivity index (χ2v) is 10.3. The molecular weight excluding hydrogens is 412 g/mol. The lowest BCUT2D eigenvalue weighted by Crippen LogP contribution is -2.28. The van der Waals surface area contributed by atoms with Crippen LogP contribution in [0.2, 0.25) is 0 Å². The molecule has 4 nitrogen and oxygen atoms in total. The van der Waals surface area contributed by atoms with Gasteiger partial charge in [0, 0.05) is 12.8 Å². The molecule has 0 amide bonds. The smallest absolute Gasteiger partial charge is 0.306 e. The van der Waals surface area contributed by atoms with E-state index in [4.69, 9.17) is 9.47 Å². The predicted molar refractivity (Wildman–Crippen MR) is 137 cm³/mol. The first-order valence-electron chi connectivity index (χ1n) is 14.5. The zero-order chi connectivity index (χ0) is 24.0. The Morgan fingerprint density at radius 2 is 1.12 bits per heavy atom. The highest BCUT2D eigenvalue weighted by atomic mass is 16.5. The van der Waals surface area contributed by atoms with Gasteiger partial charge in [-0.1, -0.05) is 104 Å². The van der Waals surface area contributed by atoms with Gasteiger partial charge in [0.15, 0.2) is 0 Å². The Bertz CT molecular complexity index is 476. The van der Waals surface area contributed by atoms with Crippen LogP contribution in [0.25, 0.3) is 0 Å². The fraction of sp³-hybridized carbons (Fsp3) is 0.931. The molecule has 4 heteroatoms. The van der Waals surface area contributed by atoms with Gasteiger partial charge in [0.05, 0.1) is 6.61 Å². The Hall–Kier alpha value is -1.06. The molecule has 2 unspecified atom stereocenters. The summed E-state index contributed by atoms with van der Waals surface area (Å²) in [7, 11) is 0. The average Bonchev–Trinajstić information content (AvgIpc) is 2.81. The fourth-order valence-electron chi connectivity index (χ4n) is 4.78. The van der Waals surface area contributed by atoms with E-state index in [9.17, 15) is 9.59 Å². The summed E-state index contributed by atoms with van der Waals surface area (Å²) in [5.74, 6) is 0.246. The molecule has 0 bridgehead atoms. The van der Waals surface area contributed by atoms with E-state index in [1.165, 1.54) is 83.5 Å². The van der Waals surface area contributed by atoms with E-state index in [1.807, 2.05) is 0 Å². The molecule has 0 aromatic rings. The summed E-state index contributed by atoms with van der Waals surface area (Å²) in [6.45, 7) is 4.99. The highest BCUT2D eigenvalue weighted by Crippen LogP contribution is 2.26. The molecule has 0 aliphatic heterocycles. The summed E-state index contributed by atoms with van der Waals surface area (Å²) in [6.07, 6.45) is 25.5. The van der Waals surface area contributed by atoms with Crippen molar-refractivity contribution < 1.29 is 19.1 Å². The summed E-state index contributed by atoms with van der Waals surface area (Å²) < 4.78 is 11.0. The molecule has 0 heterocycles. The minimum atomic E-state index is -0.126. The summed E-state index contributed by atoms with van der Waals surface area (Å²) in [4.78, 5) is 23.8. The molecule has 1 aliphatic rings. The lowest BCUT2D eigenvalue weighted by atomic mass is 9.88. The highest BCUT2D eigenvalue weighted by molar-refractivity contribution is 5.70. The van der Waals surface area contributed by atoms with Gasteiger partial charge < -0.3 is 9.47 Å². The van der Waals surface area contributed by atoms with Gasteiger partial charge in [0.1, 0.15) is 6.10 Å². The zero-order valence-corrected chi connectivity index (χ0v) is 22.1. The van der Waals surface area contributed by atoms with E-state index in [0.717, 1.165) is 32.1 Å². The summed E-state index contributed by atoms with van der Waals surface area (Å²) in [5.41, 5.74) is 0. The van der Waals surface area contributed by atoms with Crippen molar-refractivity contribution in [1.29, 1.82) is 0 Å². The third kappa shape index (κ3) is 18.0. The zero-order valence-electron chi connectivity index (χ0n) is 22.1. The molecule has 2 atom stereocenters. The van der Waals surface area contributed by atoms with Gasteiger partial charge in [-0.25, -0.2) is 0 Å². The van der Waals surface area contributed by atoms with Crippen molar-refractivity contribution in [2.45, 2.75) is 161 Å². The van der Waals surface area contributed by atoms with E-state index in [0.29, 0.717) is 38.2 Å². The molecule has 1 aliphatic carbocycles. The van der Waals surface area contributed by atoms with E-state index in [1.54, 1.807) is 0 Å². The molecule has 33 heavy (non-hydrogen) atoms. The SMILES string of the molecule is CCCCCCCCCCCCCCCCOC(=O)CCCCC(=O)OC1CCCCC1C. The Balaban J connectivity index is 1.80. The number of esters is 2. The van der Waals surface area contributed by atoms with E-state index in [2.05, 4.69) is 13.8 Å². The van der Waals surface area contributed by atoms with Crippen molar-refractivity contribution >= 4 is 11.9 Å². The molecule has 0 aromatic carbocycles. The molecular formula is C29H54O4. The number of ether oxygens (including phenoxy) is 2. The first-order valence-corrected chi connectivity index (χ1v) is 14.5. The van der Waals surface area contributed by atoms with Crippen molar-refractivity contribution in [2.24, 2.45) is 5.92 Å². The monoisotopic (exact) mass is 466 g/mol. The van der Waals surface area contributed by atoms with Crippen LogP contribution in [0.3, 0.4) is 0 Å². The van der Waals surface area contributed by atoms with Gasteiger partial charge >= 0.3 is 11.9 Å². The first-order chi connectivity index (χ1) is 16.1. The molecule has 0 spiro atoms. The highest BCUT2D eigenvalue weighted by Gasteiger charge is 2.24. The molecule has 0 aromatic heterocycles. The van der Waals surface area contributed by atoms with Crippen molar-refractivity contribution in [3.8, 4) is 0 Å². The topological polar surface area (TPSA) is 52.6 Å². The van der Waals surface area contributed by atoms with Crippen LogP contribution in [0.5, 0.6) is 0 Å². The maximum atomic E-state index is 12.0. The number of carbonyl (C=O) groups is 2. The van der Waals surface area contributed by atoms with Crippen LogP contribution in [-0.2, 0) is 19.1 Å². The molecule has 1 saturated carbocycles. The Morgan fingerprint density at radius 1 is 0.636 bits per heavy atom. The van der Waals surface area contributed by atoms with Crippen LogP contribution in [0, 0.1) is 5.92 Å². The van der Waals surface area contributed by atoms with Crippen molar-refractivity contribution in [1.82, 2.24) is 0 Å². The molecule has 194 valence electrons. The van der Waals surface area contributed by atoms with Crippen LogP contribution in [-0.4, -0.2) is 24.6 Å². The van der Waals surface area contributed by atoms with Crippen LogP contribution < -0.4 is 0 Å². The number of rotatable bonds is 21. The van der Waals surface area contributed by atoms with Gasteiger partial charge in [-0.3, -0.25) is 9.59 Å². The molecule has 0 N–H and O–H groups in total. The third-order valence-electron chi connectivity index (χ3n) is 7.09. The van der Waals surface area contributed by atoms with Crippen LogP contribution in [0.1, 0.15) is 155 Å². The predicted octanol–water partition coefficient (Wildman–Crippen LogP) is 8.69. The van der Waals surface area contributed by atoms with Gasteiger partial charge in [0.25, 0.3) is 0 Å². The van der Waals surface area contributed by atoms with Gasteiger partial charge in [0.2, 0.25) is 0 Å². The van der Waals surface area contributed by atoms with E-state index < -0.39 is 0 Å². The lowest BCUT2D eigenvalue weighted by Gasteiger charge is -2.28. The molecule has 1 rings (SSSR count). The van der Waals surface area contributed by atoms with Crippen LogP contribution in [0.15, 0.2) is 0 Å². The lowest BCUT2D eigenvalue weighted by molar-refractivity contribution is -0.153. The van der Waals surface area contributed by atoms with Gasteiger partial charge in [-0.2, -0.15) is 0 Å². The second-order valence-electron chi connectivity index (χ2n) is 10.3. The molecule has 0 radical (unpaired) electrons. The summed E-state index contributed by atoms with van der Waals surface area (Å²) in [6, 6.07) is 0. The van der Waals surface area contributed by atoms with Gasteiger partial charge in [-0.05, 0) is 44.4 Å². The first kappa shape index (κ1) is 30.0. The quantitative estimate of drug-likeness (QED) is 0.125. The minimum absolute atomic E-state index is 0.0984. The molecule has 0 saturated heterocycles. The van der Waals surface area contributed by atoms with Crippen molar-refractivity contribution in [3.63, 3.8) is 0 Å². The Morgan fingerprint density at radius 3 is 1.67 bits per heavy atom. The maximum Gasteiger partial charge on any atom is 0.306 e. The van der Waals surface area contributed by atoms with Crippen LogP contribution >= 0.6 is 0 Å². The largest absolute Gasteiger partial charge is 0.466 e.